The van der Waals surface area contributed by atoms with Crippen molar-refractivity contribution in [2.75, 3.05) is 58.9 Å². The summed E-state index contributed by atoms with van der Waals surface area (Å²) in [4.78, 5) is 42.8. The van der Waals surface area contributed by atoms with Gasteiger partial charge in [0.15, 0.2) is 0 Å². The molecule has 0 spiro atoms. The molecule has 9 nitrogen and oxygen atoms in total. The summed E-state index contributed by atoms with van der Waals surface area (Å²) in [6, 6.07) is 31.4. The van der Waals surface area contributed by atoms with E-state index in [4.69, 9.17) is 0 Å². The molecule has 4 rings (SSSR count). The summed E-state index contributed by atoms with van der Waals surface area (Å²) in [6.45, 7) is 23.9. The van der Waals surface area contributed by atoms with Crippen molar-refractivity contribution in [1.82, 2.24) is 13.7 Å². The summed E-state index contributed by atoms with van der Waals surface area (Å²) in [5.41, 5.74) is 2.29. The normalized spacial score (nSPS) is 11.7. The van der Waals surface area contributed by atoms with Crippen LogP contribution in [0.4, 0.5) is 0 Å². The number of hydrogen-bond acceptors (Lipinski definition) is 3. The van der Waals surface area contributed by atoms with Crippen LogP contribution in [0.2, 0.25) is 0 Å². The standard InChI is InChI=1S/C43H65N6O3.3ClH/c1-7-47(8-2,35-38-23-16-13-17-24-38)32-22-29-44-41(50)45(30-33-48(9-3,10-4)36-39-25-18-14-19-26-39)43(52)46(42(44)51)31-34-49(11-5,12-6)37-40-27-20-15-21-28-40;;;/h13-21,23-28H,7-12,22,29-37H2,1-6H3;3*1H/q+3;;;/p-3. The number of likely N-dealkylation sites (N-methyl/N-ethyl adjacent to an activating group) is 2. The number of halogens is 3. The molecule has 0 saturated carbocycles. The maximum Gasteiger partial charge on any atom is 0.336 e. The predicted molar refractivity (Wildman–Crippen MR) is 213 cm³/mol. The average Bonchev–Trinajstić information content (AvgIpc) is 3.18. The van der Waals surface area contributed by atoms with Crippen molar-refractivity contribution in [3.8, 4) is 0 Å². The molecule has 0 aliphatic heterocycles. The first-order valence-corrected chi connectivity index (χ1v) is 19.7. The van der Waals surface area contributed by atoms with Gasteiger partial charge in [0.1, 0.15) is 19.6 Å². The third-order valence-electron chi connectivity index (χ3n) is 12.1. The van der Waals surface area contributed by atoms with E-state index in [-0.39, 0.29) is 56.9 Å². The van der Waals surface area contributed by atoms with Crippen molar-refractivity contribution in [2.45, 2.75) is 87.2 Å². The van der Waals surface area contributed by atoms with Crippen LogP contribution < -0.4 is 54.3 Å². The van der Waals surface area contributed by atoms with Gasteiger partial charge in [0.2, 0.25) is 0 Å². The van der Waals surface area contributed by atoms with Crippen LogP contribution in [0.15, 0.2) is 105 Å². The molecule has 0 atom stereocenters. The smallest absolute Gasteiger partial charge is 0.336 e. The number of nitrogens with zero attached hydrogens (tertiary/aromatic N) is 6. The van der Waals surface area contributed by atoms with Crippen molar-refractivity contribution < 1.29 is 50.7 Å². The Bertz CT molecular complexity index is 1740. The SMILES string of the molecule is CC[N+](CC)(CCCn1c(=O)n(CC[N+](CC)(CC)Cc2ccccc2)c(=O)n(CC[N+](CC)(CC)Cc2ccccc2)c1=O)Cc1ccccc1.[Cl-].[Cl-].[Cl-]. The molecule has 0 aliphatic rings. The molecule has 0 N–H and O–H groups in total. The zero-order valence-electron chi connectivity index (χ0n) is 34.0. The fraction of sp³-hybridized carbons (Fsp3) is 0.512. The summed E-state index contributed by atoms with van der Waals surface area (Å²) in [5, 5.41) is 0. The van der Waals surface area contributed by atoms with Crippen molar-refractivity contribution >= 4 is 0 Å². The van der Waals surface area contributed by atoms with Gasteiger partial charge in [-0.3, -0.25) is 0 Å². The van der Waals surface area contributed by atoms with E-state index in [0.29, 0.717) is 19.5 Å². The van der Waals surface area contributed by atoms with Crippen molar-refractivity contribution in [3.05, 3.63) is 139 Å². The summed E-state index contributed by atoms with van der Waals surface area (Å²) in [6.07, 6.45) is 0.664. The molecule has 0 bridgehead atoms. The lowest BCUT2D eigenvalue weighted by atomic mass is 10.1. The van der Waals surface area contributed by atoms with E-state index in [1.54, 1.807) is 0 Å². The topological polar surface area (TPSA) is 66.0 Å². The molecule has 3 aromatic carbocycles. The second-order valence-corrected chi connectivity index (χ2v) is 14.7. The molecule has 4 aromatic rings. The Hall–Kier alpha value is -3.18. The maximum atomic E-state index is 14.3. The lowest BCUT2D eigenvalue weighted by Gasteiger charge is -2.38. The third kappa shape index (κ3) is 12.9. The predicted octanol–water partition coefficient (Wildman–Crippen LogP) is -3.26. The van der Waals surface area contributed by atoms with Crippen LogP contribution in [0, 0.1) is 0 Å². The van der Waals surface area contributed by atoms with Crippen LogP contribution in [0.1, 0.15) is 64.7 Å². The lowest BCUT2D eigenvalue weighted by Crippen LogP contribution is -3.00. The number of quaternary nitrogens is 3. The minimum Gasteiger partial charge on any atom is -1.00 e. The van der Waals surface area contributed by atoms with Gasteiger partial charge in [-0.2, -0.15) is 0 Å². The molecule has 0 saturated heterocycles. The van der Waals surface area contributed by atoms with E-state index >= 15 is 0 Å². The number of benzene rings is 3. The Morgan fingerprint density at radius 2 is 0.636 bits per heavy atom. The minimum absolute atomic E-state index is 0. The largest absolute Gasteiger partial charge is 1.00 e. The van der Waals surface area contributed by atoms with Crippen LogP contribution in [0.3, 0.4) is 0 Å². The van der Waals surface area contributed by atoms with Crippen molar-refractivity contribution in [2.24, 2.45) is 0 Å². The molecule has 12 heteroatoms. The molecule has 0 aliphatic carbocycles. The molecule has 1 heterocycles. The molecule has 55 heavy (non-hydrogen) atoms. The Labute approximate surface area is 348 Å². The van der Waals surface area contributed by atoms with E-state index < -0.39 is 17.1 Å². The van der Waals surface area contributed by atoms with Gasteiger partial charge in [0.25, 0.3) is 0 Å². The molecule has 306 valence electrons. The van der Waals surface area contributed by atoms with E-state index in [9.17, 15) is 14.4 Å². The first-order valence-electron chi connectivity index (χ1n) is 19.7. The molecule has 1 aromatic heterocycles. The quantitative estimate of drug-likeness (QED) is 0.0784. The van der Waals surface area contributed by atoms with Gasteiger partial charge in [-0.15, -0.1) is 0 Å². The first-order chi connectivity index (χ1) is 25.1. The van der Waals surface area contributed by atoms with Gasteiger partial charge in [-0.05, 0) is 41.5 Å². The number of hydrogen-bond donors (Lipinski definition) is 0. The second kappa shape index (κ2) is 23.8. The van der Waals surface area contributed by atoms with E-state index in [1.807, 2.05) is 18.2 Å². The van der Waals surface area contributed by atoms with E-state index in [2.05, 4.69) is 114 Å². The van der Waals surface area contributed by atoms with Crippen LogP contribution in [0.5, 0.6) is 0 Å². The summed E-state index contributed by atoms with van der Waals surface area (Å²) >= 11 is 0. The Kier molecular flexibility index (Phi) is 21.6. The first kappa shape index (κ1) is 49.8. The molecular formula is C43H65Cl3N6O3. The summed E-state index contributed by atoms with van der Waals surface area (Å²) < 4.78 is 6.43. The molecule has 0 fully saturated rings. The van der Waals surface area contributed by atoms with E-state index in [0.717, 1.165) is 78.9 Å². The monoisotopic (exact) mass is 818 g/mol. The average molecular weight is 820 g/mol. The zero-order chi connectivity index (χ0) is 37.6. The van der Waals surface area contributed by atoms with Gasteiger partial charge in [-0.1, -0.05) is 91.0 Å². The second-order valence-electron chi connectivity index (χ2n) is 14.7. The lowest BCUT2D eigenvalue weighted by molar-refractivity contribution is -0.938. The van der Waals surface area contributed by atoms with Gasteiger partial charge in [-0.25, -0.2) is 28.1 Å². The van der Waals surface area contributed by atoms with Crippen molar-refractivity contribution in [1.29, 1.82) is 0 Å². The molecule has 0 amide bonds. The maximum absolute atomic E-state index is 14.3. The van der Waals surface area contributed by atoms with Crippen LogP contribution >= 0.6 is 0 Å². The summed E-state index contributed by atoms with van der Waals surface area (Å²) in [5.74, 6) is 0. The summed E-state index contributed by atoms with van der Waals surface area (Å²) in [7, 11) is 0. The van der Waals surface area contributed by atoms with Crippen LogP contribution in [-0.2, 0) is 39.3 Å². The Morgan fingerprint density at radius 3 is 0.909 bits per heavy atom. The van der Waals surface area contributed by atoms with Gasteiger partial charge in [0, 0.05) is 29.7 Å². The van der Waals surface area contributed by atoms with Crippen LogP contribution in [-0.4, -0.2) is 86.1 Å². The highest BCUT2D eigenvalue weighted by Crippen LogP contribution is 2.17. The van der Waals surface area contributed by atoms with Gasteiger partial charge >= 0.3 is 17.1 Å². The highest BCUT2D eigenvalue weighted by Gasteiger charge is 2.29. The molecule has 0 radical (unpaired) electrons. The number of aromatic nitrogens is 3. The fourth-order valence-electron chi connectivity index (χ4n) is 7.88. The molecule has 0 unspecified atom stereocenters. The number of rotatable bonds is 22. The van der Waals surface area contributed by atoms with E-state index in [1.165, 1.54) is 30.4 Å². The Morgan fingerprint density at radius 1 is 0.382 bits per heavy atom. The van der Waals surface area contributed by atoms with Crippen molar-refractivity contribution in [3.63, 3.8) is 0 Å². The highest BCUT2D eigenvalue weighted by atomic mass is 35.5. The minimum atomic E-state index is -0.488. The Balaban J connectivity index is 0.00000504. The highest BCUT2D eigenvalue weighted by molar-refractivity contribution is 5.15. The third-order valence-corrected chi connectivity index (χ3v) is 12.1. The molecular weight excluding hydrogens is 755 g/mol. The van der Waals surface area contributed by atoms with Gasteiger partial charge in [0.05, 0.1) is 72.0 Å². The fourth-order valence-corrected chi connectivity index (χ4v) is 7.88. The van der Waals surface area contributed by atoms with Crippen LogP contribution in [0.25, 0.3) is 0 Å². The zero-order valence-corrected chi connectivity index (χ0v) is 36.3. The van der Waals surface area contributed by atoms with Gasteiger partial charge < -0.3 is 50.7 Å².